The first-order valence-electron chi connectivity index (χ1n) is 8.36. The lowest BCUT2D eigenvalue weighted by molar-refractivity contribution is 0.0754. The monoisotopic (exact) mass is 327 g/mol. The molecule has 2 aromatic carbocycles. The number of ether oxygens (including phenoxy) is 1. The average molecular weight is 327 g/mol. The van der Waals surface area contributed by atoms with Crippen molar-refractivity contribution in [3.05, 3.63) is 65.5 Å². The van der Waals surface area contributed by atoms with E-state index in [1.807, 2.05) is 29.2 Å². The third-order valence-corrected chi connectivity index (χ3v) is 4.64. The Balaban J connectivity index is 1.76. The first-order chi connectivity index (χ1) is 11.7. The zero-order valence-corrected chi connectivity index (χ0v) is 13.9. The predicted molar refractivity (Wildman–Crippen MR) is 91.9 cm³/mol. The van der Waals surface area contributed by atoms with Crippen LogP contribution in [0.5, 0.6) is 5.75 Å². The zero-order valence-electron chi connectivity index (χ0n) is 13.9. The van der Waals surface area contributed by atoms with Crippen LogP contribution in [0.1, 0.15) is 41.1 Å². The maximum Gasteiger partial charge on any atom is 0.253 e. The van der Waals surface area contributed by atoms with Crippen molar-refractivity contribution in [2.24, 2.45) is 0 Å². The summed E-state index contributed by atoms with van der Waals surface area (Å²) in [6.45, 7) is 1.44. The maximum absolute atomic E-state index is 13.1. The molecule has 3 rings (SSSR count). The van der Waals surface area contributed by atoms with Gasteiger partial charge in [-0.25, -0.2) is 4.39 Å². The van der Waals surface area contributed by atoms with Gasteiger partial charge in [0.1, 0.15) is 11.6 Å². The van der Waals surface area contributed by atoms with E-state index >= 15 is 0 Å². The van der Waals surface area contributed by atoms with E-state index < -0.39 is 0 Å². The molecule has 1 unspecified atom stereocenters. The van der Waals surface area contributed by atoms with Gasteiger partial charge in [-0.1, -0.05) is 18.6 Å². The van der Waals surface area contributed by atoms with E-state index in [0.29, 0.717) is 12.1 Å². The third kappa shape index (κ3) is 3.75. The topological polar surface area (TPSA) is 29.5 Å². The Morgan fingerprint density at radius 3 is 2.46 bits per heavy atom. The van der Waals surface area contributed by atoms with E-state index in [0.717, 1.165) is 37.1 Å². The Bertz CT molecular complexity index is 682. The van der Waals surface area contributed by atoms with Crippen LogP contribution in [0.25, 0.3) is 0 Å². The van der Waals surface area contributed by atoms with E-state index in [4.69, 9.17) is 4.74 Å². The molecule has 1 amide bonds. The van der Waals surface area contributed by atoms with Gasteiger partial charge in [-0.3, -0.25) is 4.79 Å². The van der Waals surface area contributed by atoms with Gasteiger partial charge in [0.25, 0.3) is 5.91 Å². The molecule has 0 spiro atoms. The lowest BCUT2D eigenvalue weighted by Crippen LogP contribution is -2.34. The summed E-state index contributed by atoms with van der Waals surface area (Å²) in [4.78, 5) is 14.7. The third-order valence-electron chi connectivity index (χ3n) is 4.64. The predicted octanol–water partition coefficient (Wildman–Crippen LogP) is 4.24. The van der Waals surface area contributed by atoms with Gasteiger partial charge in [0.15, 0.2) is 0 Å². The summed E-state index contributed by atoms with van der Waals surface area (Å²) in [5.74, 6) is 0.826. The van der Waals surface area contributed by atoms with Gasteiger partial charge in [-0.2, -0.15) is 0 Å². The van der Waals surface area contributed by atoms with Crippen molar-refractivity contribution in [1.82, 2.24) is 4.90 Å². The molecule has 2 aromatic rings. The van der Waals surface area contributed by atoms with Crippen molar-refractivity contribution >= 4 is 5.91 Å². The first-order valence-corrected chi connectivity index (χ1v) is 8.36. The second kappa shape index (κ2) is 7.47. The van der Waals surface area contributed by atoms with E-state index in [9.17, 15) is 9.18 Å². The Kier molecular flexibility index (Phi) is 5.14. The van der Waals surface area contributed by atoms with Gasteiger partial charge >= 0.3 is 0 Å². The molecule has 0 N–H and O–H groups in total. The van der Waals surface area contributed by atoms with Crippen LogP contribution in [0, 0.1) is 5.82 Å². The molecule has 1 aliphatic rings. The molecule has 126 valence electrons. The van der Waals surface area contributed by atoms with Gasteiger partial charge in [-0.15, -0.1) is 0 Å². The number of hydrogen-bond acceptors (Lipinski definition) is 2. The van der Waals surface area contributed by atoms with Crippen molar-refractivity contribution in [1.29, 1.82) is 0 Å². The van der Waals surface area contributed by atoms with Gasteiger partial charge in [0.05, 0.1) is 7.11 Å². The zero-order chi connectivity index (χ0) is 16.9. The molecule has 1 aliphatic heterocycles. The number of carbonyl (C=O) groups is 1. The summed E-state index contributed by atoms with van der Waals surface area (Å²) < 4.78 is 18.3. The molecule has 1 saturated heterocycles. The highest BCUT2D eigenvalue weighted by atomic mass is 19.1. The molecule has 1 atom stereocenters. The largest absolute Gasteiger partial charge is 0.497 e. The molecule has 0 aliphatic carbocycles. The fraction of sp³-hybridized carbons (Fsp3) is 0.350. The van der Waals surface area contributed by atoms with E-state index in [1.165, 1.54) is 12.1 Å². The van der Waals surface area contributed by atoms with Gasteiger partial charge < -0.3 is 9.64 Å². The molecule has 1 fully saturated rings. The number of rotatable bonds is 3. The number of likely N-dealkylation sites (tertiary alicyclic amines) is 1. The highest BCUT2D eigenvalue weighted by Gasteiger charge is 2.24. The molecule has 0 saturated carbocycles. The number of halogens is 1. The maximum atomic E-state index is 13.1. The van der Waals surface area contributed by atoms with Crippen molar-refractivity contribution in [2.45, 2.75) is 25.2 Å². The van der Waals surface area contributed by atoms with Crippen LogP contribution in [-0.2, 0) is 0 Å². The van der Waals surface area contributed by atoms with Crippen LogP contribution in [0.3, 0.4) is 0 Å². The van der Waals surface area contributed by atoms with Crippen LogP contribution < -0.4 is 4.74 Å². The molecule has 3 nitrogen and oxygen atoms in total. The summed E-state index contributed by atoms with van der Waals surface area (Å²) in [6, 6.07) is 13.9. The Morgan fingerprint density at radius 1 is 1.08 bits per heavy atom. The second-order valence-corrected chi connectivity index (χ2v) is 6.22. The molecule has 24 heavy (non-hydrogen) atoms. The quantitative estimate of drug-likeness (QED) is 0.844. The Hall–Kier alpha value is -2.36. The minimum absolute atomic E-state index is 0.0478. The molecule has 0 aromatic heterocycles. The molecular weight excluding hydrogens is 305 g/mol. The fourth-order valence-corrected chi connectivity index (χ4v) is 3.25. The molecule has 1 heterocycles. The fourth-order valence-electron chi connectivity index (χ4n) is 3.25. The summed E-state index contributed by atoms with van der Waals surface area (Å²) in [5.41, 5.74) is 1.78. The van der Waals surface area contributed by atoms with Crippen LogP contribution in [0.4, 0.5) is 4.39 Å². The summed E-state index contributed by atoms with van der Waals surface area (Å²) in [5, 5.41) is 0. The van der Waals surface area contributed by atoms with Gasteiger partial charge in [0.2, 0.25) is 0 Å². The SMILES string of the molecule is COc1ccc(C(=O)N2CCCCC(c3ccc(F)cc3)C2)cc1. The summed E-state index contributed by atoms with van der Waals surface area (Å²) >= 11 is 0. The van der Waals surface area contributed by atoms with Crippen molar-refractivity contribution < 1.29 is 13.9 Å². The molecule has 0 radical (unpaired) electrons. The van der Waals surface area contributed by atoms with E-state index in [-0.39, 0.29) is 17.6 Å². The first kappa shape index (κ1) is 16.5. The van der Waals surface area contributed by atoms with Crippen LogP contribution >= 0.6 is 0 Å². The van der Waals surface area contributed by atoms with Crippen molar-refractivity contribution in [3.8, 4) is 5.75 Å². The highest BCUT2D eigenvalue weighted by Crippen LogP contribution is 2.27. The molecular formula is C20H22FNO2. The van der Waals surface area contributed by atoms with Crippen LogP contribution in [0.2, 0.25) is 0 Å². The highest BCUT2D eigenvalue weighted by molar-refractivity contribution is 5.94. The number of carbonyl (C=O) groups excluding carboxylic acids is 1. The number of hydrogen-bond donors (Lipinski definition) is 0. The summed E-state index contributed by atoms with van der Waals surface area (Å²) in [7, 11) is 1.61. The van der Waals surface area contributed by atoms with Gasteiger partial charge in [-0.05, 0) is 54.8 Å². The summed E-state index contributed by atoms with van der Waals surface area (Å²) in [6.07, 6.45) is 3.10. The van der Waals surface area contributed by atoms with Crippen LogP contribution in [0.15, 0.2) is 48.5 Å². The molecule has 0 bridgehead atoms. The lowest BCUT2D eigenvalue weighted by atomic mass is 9.94. The van der Waals surface area contributed by atoms with E-state index in [2.05, 4.69) is 0 Å². The number of benzene rings is 2. The minimum Gasteiger partial charge on any atom is -0.497 e. The van der Waals surface area contributed by atoms with Crippen molar-refractivity contribution in [3.63, 3.8) is 0 Å². The second-order valence-electron chi connectivity index (χ2n) is 6.22. The normalized spacial score (nSPS) is 18.1. The Labute approximate surface area is 142 Å². The standard InChI is InChI=1S/C20H22FNO2/c1-24-19-11-7-16(8-12-19)20(23)22-13-3-2-4-17(14-22)15-5-9-18(21)10-6-15/h5-12,17H,2-4,13-14H2,1H3. The Morgan fingerprint density at radius 2 is 1.79 bits per heavy atom. The van der Waals surface area contributed by atoms with Gasteiger partial charge in [0, 0.05) is 24.6 Å². The number of methoxy groups -OCH3 is 1. The molecule has 4 heteroatoms. The van der Waals surface area contributed by atoms with E-state index in [1.54, 1.807) is 19.2 Å². The van der Waals surface area contributed by atoms with Crippen molar-refractivity contribution in [2.75, 3.05) is 20.2 Å². The average Bonchev–Trinajstić information content (AvgIpc) is 2.88. The lowest BCUT2D eigenvalue weighted by Gasteiger charge is -2.25. The van der Waals surface area contributed by atoms with Crippen LogP contribution in [-0.4, -0.2) is 31.0 Å². The smallest absolute Gasteiger partial charge is 0.253 e. The minimum atomic E-state index is -0.224. The number of amides is 1. The number of nitrogens with zero attached hydrogens (tertiary/aromatic N) is 1.